The molecular weight excluding hydrogens is 329 g/mol. The van der Waals surface area contributed by atoms with E-state index >= 15 is 0 Å². The molecule has 4 heteroatoms. The molecule has 1 aromatic rings. The van der Waals surface area contributed by atoms with Gasteiger partial charge in [-0.15, -0.1) is 0 Å². The van der Waals surface area contributed by atoms with Crippen molar-refractivity contribution in [3.63, 3.8) is 0 Å². The van der Waals surface area contributed by atoms with E-state index in [1.54, 1.807) is 0 Å². The summed E-state index contributed by atoms with van der Waals surface area (Å²) in [5.74, 6) is 4.11. The largest absolute Gasteiger partial charge is 0.471 e. The van der Waals surface area contributed by atoms with Crippen molar-refractivity contribution in [2.45, 2.75) is 58.2 Å². The van der Waals surface area contributed by atoms with Crippen molar-refractivity contribution in [2.75, 3.05) is 0 Å². The number of nitrogens with one attached hydrogen (secondary N) is 1. The molecule has 0 amide bonds. The molecule has 1 N–H and O–H groups in total. The van der Waals surface area contributed by atoms with Crippen LogP contribution in [0.4, 0.5) is 0 Å². The average Bonchev–Trinajstić information content (AvgIpc) is 2.55. The molecule has 0 atom stereocenters. The smallest absolute Gasteiger partial charge is 0.166 e. The second kappa shape index (κ2) is 4.80. The van der Waals surface area contributed by atoms with E-state index < -0.39 is 0 Å². The lowest BCUT2D eigenvalue weighted by molar-refractivity contribution is -0.181. The maximum absolute atomic E-state index is 6.76. The van der Waals surface area contributed by atoms with E-state index in [0.717, 1.165) is 50.9 Å². The van der Waals surface area contributed by atoms with Crippen molar-refractivity contribution in [1.29, 1.82) is 0 Å². The highest BCUT2D eigenvalue weighted by atomic mass is 35.5. The summed E-state index contributed by atoms with van der Waals surface area (Å²) in [7, 11) is 0. The minimum absolute atomic E-state index is 0.174. The van der Waals surface area contributed by atoms with Crippen molar-refractivity contribution in [3.05, 3.63) is 26.7 Å². The zero-order chi connectivity index (χ0) is 15.9. The van der Waals surface area contributed by atoms with E-state index in [9.17, 15) is 0 Å². The monoisotopic (exact) mass is 351 g/mol. The Labute approximate surface area is 147 Å². The summed E-state index contributed by atoms with van der Waals surface area (Å²) in [6, 6.07) is 0. The molecule has 0 unspecified atom stereocenters. The Kier molecular flexibility index (Phi) is 3.10. The summed E-state index contributed by atoms with van der Waals surface area (Å²) < 4.78 is 6.76. The number of hydrogen-bond acceptors (Lipinski definition) is 2. The second-order valence-electron chi connectivity index (χ2n) is 8.24. The van der Waals surface area contributed by atoms with Crippen molar-refractivity contribution in [1.82, 2.24) is 5.32 Å². The molecule has 4 bridgehead atoms. The molecule has 5 aliphatic rings. The van der Waals surface area contributed by atoms with Crippen LogP contribution in [0, 0.1) is 37.5 Å². The highest BCUT2D eigenvalue weighted by Gasteiger charge is 2.60. The van der Waals surface area contributed by atoms with Gasteiger partial charge in [-0.3, -0.25) is 5.32 Å². The van der Waals surface area contributed by atoms with E-state index in [-0.39, 0.29) is 5.72 Å². The molecule has 1 heterocycles. The molecule has 1 aromatic carbocycles. The van der Waals surface area contributed by atoms with E-state index in [1.807, 2.05) is 6.92 Å². The fraction of sp³-hybridized carbons (Fsp3) is 0.684. The molecule has 6 rings (SSSR count). The van der Waals surface area contributed by atoms with Gasteiger partial charge in [0.2, 0.25) is 0 Å². The first kappa shape index (κ1) is 14.9. The standard InChI is InChI=1S/C19H23Cl2NO/c1-9-16(20)10(2)18-15(17(9)21)8-22-19(23-18)13-4-11-3-12(6-13)7-14(19)5-11/h11-14,22H,3-8H2,1-2H3. The highest BCUT2D eigenvalue weighted by Crippen LogP contribution is 2.60. The minimum Gasteiger partial charge on any atom is -0.471 e. The minimum atomic E-state index is -0.174. The molecule has 2 nitrogen and oxygen atoms in total. The van der Waals surface area contributed by atoms with Gasteiger partial charge in [0.15, 0.2) is 5.72 Å². The number of fused-ring (bicyclic) bond motifs is 1. The molecule has 124 valence electrons. The van der Waals surface area contributed by atoms with Crippen LogP contribution >= 0.6 is 23.2 Å². The van der Waals surface area contributed by atoms with Gasteiger partial charge in [0.1, 0.15) is 5.75 Å². The lowest BCUT2D eigenvalue weighted by Crippen LogP contribution is -2.69. The van der Waals surface area contributed by atoms with Gasteiger partial charge in [-0.05, 0) is 63.4 Å². The average molecular weight is 352 g/mol. The number of halogens is 2. The summed E-state index contributed by atoms with van der Waals surface area (Å²) >= 11 is 13.1. The zero-order valence-corrected chi connectivity index (χ0v) is 15.2. The lowest BCUT2D eigenvalue weighted by Gasteiger charge is -2.61. The predicted molar refractivity (Wildman–Crippen MR) is 93.2 cm³/mol. The number of hydrogen-bond donors (Lipinski definition) is 1. The Morgan fingerprint density at radius 3 is 2.13 bits per heavy atom. The molecule has 4 fully saturated rings. The highest BCUT2D eigenvalue weighted by molar-refractivity contribution is 6.37. The number of rotatable bonds is 0. The van der Waals surface area contributed by atoms with Crippen LogP contribution in [0.2, 0.25) is 10.0 Å². The van der Waals surface area contributed by atoms with Crippen molar-refractivity contribution < 1.29 is 4.74 Å². The first-order valence-corrected chi connectivity index (χ1v) is 9.66. The molecular formula is C19H23Cl2NO. The first-order valence-electron chi connectivity index (χ1n) is 8.90. The van der Waals surface area contributed by atoms with Crippen LogP contribution in [-0.2, 0) is 6.54 Å². The van der Waals surface area contributed by atoms with Crippen LogP contribution in [0.25, 0.3) is 0 Å². The van der Waals surface area contributed by atoms with Gasteiger partial charge < -0.3 is 4.74 Å². The van der Waals surface area contributed by atoms with Gasteiger partial charge in [0.25, 0.3) is 0 Å². The molecule has 1 aliphatic heterocycles. The second-order valence-corrected chi connectivity index (χ2v) is 8.99. The van der Waals surface area contributed by atoms with Crippen molar-refractivity contribution in [3.8, 4) is 5.75 Å². The van der Waals surface area contributed by atoms with Crippen LogP contribution in [-0.4, -0.2) is 5.72 Å². The third kappa shape index (κ3) is 1.86. The Bertz CT molecular complexity index is 671. The summed E-state index contributed by atoms with van der Waals surface area (Å²) in [6.45, 7) is 4.86. The van der Waals surface area contributed by atoms with Crippen LogP contribution in [0.1, 0.15) is 48.8 Å². The van der Waals surface area contributed by atoms with Gasteiger partial charge in [0, 0.05) is 29.5 Å². The Balaban J connectivity index is 1.61. The van der Waals surface area contributed by atoms with Crippen LogP contribution in [0.3, 0.4) is 0 Å². The van der Waals surface area contributed by atoms with Gasteiger partial charge in [-0.25, -0.2) is 0 Å². The van der Waals surface area contributed by atoms with E-state index in [0.29, 0.717) is 11.8 Å². The third-order valence-electron chi connectivity index (χ3n) is 7.03. The fourth-order valence-corrected chi connectivity index (χ4v) is 6.57. The molecule has 4 aliphatic carbocycles. The predicted octanol–water partition coefficient (Wildman–Crippen LogP) is 5.24. The Morgan fingerprint density at radius 1 is 0.913 bits per heavy atom. The topological polar surface area (TPSA) is 21.3 Å². The molecule has 1 spiro atoms. The molecule has 23 heavy (non-hydrogen) atoms. The quantitative estimate of drug-likeness (QED) is 0.689. The van der Waals surface area contributed by atoms with Gasteiger partial charge in [-0.1, -0.05) is 23.2 Å². The summed E-state index contributed by atoms with van der Waals surface area (Å²) in [4.78, 5) is 0. The van der Waals surface area contributed by atoms with Crippen LogP contribution < -0.4 is 10.1 Å². The lowest BCUT2D eigenvalue weighted by atomic mass is 9.52. The normalized spacial score (nSPS) is 40.3. The molecule has 0 radical (unpaired) electrons. The zero-order valence-electron chi connectivity index (χ0n) is 13.7. The summed E-state index contributed by atoms with van der Waals surface area (Å²) in [5, 5.41) is 5.32. The van der Waals surface area contributed by atoms with Crippen molar-refractivity contribution in [2.24, 2.45) is 23.7 Å². The van der Waals surface area contributed by atoms with Gasteiger partial charge in [-0.2, -0.15) is 0 Å². The number of benzene rings is 1. The Hall–Kier alpha value is -0.440. The van der Waals surface area contributed by atoms with E-state index in [1.165, 1.54) is 32.1 Å². The van der Waals surface area contributed by atoms with Crippen LogP contribution in [0.15, 0.2) is 0 Å². The van der Waals surface area contributed by atoms with Gasteiger partial charge >= 0.3 is 0 Å². The van der Waals surface area contributed by atoms with E-state index in [4.69, 9.17) is 27.9 Å². The SMILES string of the molecule is Cc1c(Cl)c(C)c2c(c1Cl)CNC1(O2)C2CC3CC(C2)CC1C3. The van der Waals surface area contributed by atoms with Crippen molar-refractivity contribution >= 4 is 23.2 Å². The first-order chi connectivity index (χ1) is 11.0. The number of ether oxygens (including phenoxy) is 1. The van der Waals surface area contributed by atoms with Gasteiger partial charge in [0.05, 0.1) is 10.0 Å². The summed E-state index contributed by atoms with van der Waals surface area (Å²) in [5.41, 5.74) is 2.94. The third-order valence-corrected chi connectivity index (χ3v) is 8.11. The Morgan fingerprint density at radius 2 is 1.52 bits per heavy atom. The fourth-order valence-electron chi connectivity index (χ4n) is 6.10. The molecule has 0 aromatic heterocycles. The maximum Gasteiger partial charge on any atom is 0.166 e. The molecule has 0 saturated heterocycles. The van der Waals surface area contributed by atoms with Crippen LogP contribution in [0.5, 0.6) is 5.75 Å². The molecule has 4 saturated carbocycles. The maximum atomic E-state index is 6.76. The van der Waals surface area contributed by atoms with E-state index in [2.05, 4.69) is 12.2 Å². The summed E-state index contributed by atoms with van der Waals surface area (Å²) in [6.07, 6.45) is 6.74.